The third-order valence-electron chi connectivity index (χ3n) is 5.71. The molecule has 1 amide bonds. The summed E-state index contributed by atoms with van der Waals surface area (Å²) >= 11 is 1.73. The van der Waals surface area contributed by atoms with E-state index in [-0.39, 0.29) is 5.91 Å². The Morgan fingerprint density at radius 3 is 2.60 bits per heavy atom. The van der Waals surface area contributed by atoms with Crippen LogP contribution in [0.4, 0.5) is 0 Å². The van der Waals surface area contributed by atoms with Crippen molar-refractivity contribution in [3.05, 3.63) is 42.1 Å². The molecule has 1 aromatic heterocycles. The van der Waals surface area contributed by atoms with Gasteiger partial charge in [-0.2, -0.15) is 0 Å². The van der Waals surface area contributed by atoms with E-state index in [0.717, 1.165) is 17.9 Å². The summed E-state index contributed by atoms with van der Waals surface area (Å²) in [6.45, 7) is 3.39. The second-order valence-corrected chi connectivity index (χ2v) is 7.93. The first-order chi connectivity index (χ1) is 12.2. The van der Waals surface area contributed by atoms with Gasteiger partial charge in [0.15, 0.2) is 0 Å². The highest BCUT2D eigenvalue weighted by Gasteiger charge is 2.35. The van der Waals surface area contributed by atoms with Crippen LogP contribution in [0, 0.1) is 5.92 Å². The zero-order valence-electron chi connectivity index (χ0n) is 14.9. The molecule has 2 aromatic rings. The Balaban J connectivity index is 1.55. The lowest BCUT2D eigenvalue weighted by atomic mass is 9.84. The van der Waals surface area contributed by atoms with Crippen molar-refractivity contribution >= 4 is 17.7 Å². The third-order valence-corrected chi connectivity index (χ3v) is 6.51. The van der Waals surface area contributed by atoms with Crippen molar-refractivity contribution in [2.24, 2.45) is 13.0 Å². The second-order valence-electron chi connectivity index (χ2n) is 7.08. The number of piperidine rings is 3. The standard InChI is InChI=1S/C20H25N3OS/c1-22-17(15-5-3-4-6-19(15)25-2)7-8-18(22)20(24)21-16-13-23-11-9-14(16)10-12-23/h3-8,14,16H,9-13H2,1-2H3,(H,21,24)/t16-/m0/s1. The molecule has 1 aromatic carbocycles. The highest BCUT2D eigenvalue weighted by Crippen LogP contribution is 2.31. The third kappa shape index (κ3) is 3.11. The molecule has 4 heterocycles. The Morgan fingerprint density at radius 1 is 1.16 bits per heavy atom. The van der Waals surface area contributed by atoms with Crippen molar-refractivity contribution in [3.63, 3.8) is 0 Å². The average Bonchev–Trinajstić information content (AvgIpc) is 3.04. The SMILES string of the molecule is CSc1ccccc1-c1ccc(C(=O)N[C@H]2CN3CCC2CC3)n1C. The molecule has 1 N–H and O–H groups in total. The molecule has 0 saturated carbocycles. The molecule has 3 aliphatic heterocycles. The molecule has 25 heavy (non-hydrogen) atoms. The summed E-state index contributed by atoms with van der Waals surface area (Å²) in [7, 11) is 1.98. The summed E-state index contributed by atoms with van der Waals surface area (Å²) in [5.41, 5.74) is 3.01. The van der Waals surface area contributed by atoms with Crippen LogP contribution in [0.15, 0.2) is 41.3 Å². The van der Waals surface area contributed by atoms with Gasteiger partial charge in [-0.3, -0.25) is 4.79 Å². The quantitative estimate of drug-likeness (QED) is 0.856. The number of fused-ring (bicyclic) bond motifs is 3. The first kappa shape index (κ1) is 16.7. The van der Waals surface area contributed by atoms with Gasteiger partial charge in [-0.1, -0.05) is 18.2 Å². The fourth-order valence-electron chi connectivity index (χ4n) is 4.24. The lowest BCUT2D eigenvalue weighted by Gasteiger charge is -2.44. The first-order valence-electron chi connectivity index (χ1n) is 8.99. The Hall–Kier alpha value is -1.72. The van der Waals surface area contributed by atoms with Crippen LogP contribution >= 0.6 is 11.8 Å². The zero-order valence-corrected chi connectivity index (χ0v) is 15.7. The Labute approximate surface area is 153 Å². The minimum absolute atomic E-state index is 0.0501. The monoisotopic (exact) mass is 355 g/mol. The summed E-state index contributed by atoms with van der Waals surface area (Å²) in [6.07, 6.45) is 4.51. The van der Waals surface area contributed by atoms with E-state index in [9.17, 15) is 4.79 Å². The fourth-order valence-corrected chi connectivity index (χ4v) is 4.84. The van der Waals surface area contributed by atoms with Crippen molar-refractivity contribution in [1.82, 2.24) is 14.8 Å². The predicted octanol–water partition coefficient (Wildman–Crippen LogP) is 3.24. The molecule has 3 saturated heterocycles. The minimum Gasteiger partial charge on any atom is -0.346 e. The number of carbonyl (C=O) groups excluding carboxylic acids is 1. The van der Waals surface area contributed by atoms with Crippen LogP contribution in [0.25, 0.3) is 11.3 Å². The second kappa shape index (κ2) is 6.89. The van der Waals surface area contributed by atoms with Crippen LogP contribution in [0.1, 0.15) is 23.3 Å². The summed E-state index contributed by atoms with van der Waals surface area (Å²) in [5, 5.41) is 3.29. The highest BCUT2D eigenvalue weighted by atomic mass is 32.2. The van der Waals surface area contributed by atoms with E-state index in [4.69, 9.17) is 0 Å². The van der Waals surface area contributed by atoms with Gasteiger partial charge in [0, 0.05) is 35.8 Å². The summed E-state index contributed by atoms with van der Waals surface area (Å²) in [6, 6.07) is 12.7. The fraction of sp³-hybridized carbons (Fsp3) is 0.450. The topological polar surface area (TPSA) is 37.3 Å². The van der Waals surface area contributed by atoms with Crippen molar-refractivity contribution < 1.29 is 4.79 Å². The minimum atomic E-state index is 0.0501. The Kier molecular flexibility index (Phi) is 4.61. The molecule has 5 heteroatoms. The van der Waals surface area contributed by atoms with E-state index in [1.54, 1.807) is 11.8 Å². The number of amides is 1. The van der Waals surface area contributed by atoms with Crippen LogP contribution < -0.4 is 5.32 Å². The average molecular weight is 356 g/mol. The van der Waals surface area contributed by atoms with E-state index in [0.29, 0.717) is 12.0 Å². The van der Waals surface area contributed by atoms with Gasteiger partial charge in [0.25, 0.3) is 5.91 Å². The molecule has 1 atom stereocenters. The maximum absolute atomic E-state index is 12.9. The maximum atomic E-state index is 12.9. The van der Waals surface area contributed by atoms with E-state index in [2.05, 4.69) is 46.8 Å². The molecule has 3 fully saturated rings. The van der Waals surface area contributed by atoms with Crippen LogP contribution in [-0.2, 0) is 7.05 Å². The zero-order chi connectivity index (χ0) is 17.4. The van der Waals surface area contributed by atoms with Crippen molar-refractivity contribution in [1.29, 1.82) is 0 Å². The van der Waals surface area contributed by atoms with Gasteiger partial charge in [0.2, 0.25) is 0 Å². The van der Waals surface area contributed by atoms with Crippen LogP contribution in [0.5, 0.6) is 0 Å². The molecular formula is C20H25N3OS. The summed E-state index contributed by atoms with van der Waals surface area (Å²) in [4.78, 5) is 16.6. The van der Waals surface area contributed by atoms with Crippen LogP contribution in [-0.4, -0.2) is 47.3 Å². The Bertz CT molecular complexity index is 777. The van der Waals surface area contributed by atoms with Gasteiger partial charge in [-0.25, -0.2) is 0 Å². The molecule has 3 aliphatic rings. The van der Waals surface area contributed by atoms with E-state index >= 15 is 0 Å². The number of thioether (sulfide) groups is 1. The number of hydrogen-bond donors (Lipinski definition) is 1. The highest BCUT2D eigenvalue weighted by molar-refractivity contribution is 7.98. The van der Waals surface area contributed by atoms with E-state index in [1.165, 1.54) is 36.4 Å². The van der Waals surface area contributed by atoms with Crippen molar-refractivity contribution in [2.75, 3.05) is 25.9 Å². The Morgan fingerprint density at radius 2 is 1.92 bits per heavy atom. The summed E-state index contributed by atoms with van der Waals surface area (Å²) in [5.74, 6) is 0.694. The first-order valence-corrected chi connectivity index (χ1v) is 10.2. The van der Waals surface area contributed by atoms with Gasteiger partial charge in [0.1, 0.15) is 5.69 Å². The van der Waals surface area contributed by atoms with E-state index < -0.39 is 0 Å². The normalized spacial score (nSPS) is 25.1. The molecule has 0 aliphatic carbocycles. The molecule has 4 nitrogen and oxygen atoms in total. The molecule has 0 radical (unpaired) electrons. The number of nitrogens with zero attached hydrogens (tertiary/aromatic N) is 2. The molecule has 0 spiro atoms. The number of aromatic nitrogens is 1. The number of carbonyl (C=O) groups is 1. The molecule has 0 unspecified atom stereocenters. The van der Waals surface area contributed by atoms with Crippen molar-refractivity contribution in [2.45, 2.75) is 23.8 Å². The lowest BCUT2D eigenvalue weighted by molar-refractivity contribution is 0.0616. The predicted molar refractivity (Wildman–Crippen MR) is 103 cm³/mol. The lowest BCUT2D eigenvalue weighted by Crippen LogP contribution is -2.57. The van der Waals surface area contributed by atoms with Gasteiger partial charge < -0.3 is 14.8 Å². The largest absolute Gasteiger partial charge is 0.346 e. The van der Waals surface area contributed by atoms with Gasteiger partial charge in [-0.05, 0) is 56.3 Å². The van der Waals surface area contributed by atoms with Crippen molar-refractivity contribution in [3.8, 4) is 11.3 Å². The van der Waals surface area contributed by atoms with Crippen LogP contribution in [0.2, 0.25) is 0 Å². The summed E-state index contributed by atoms with van der Waals surface area (Å²) < 4.78 is 2.02. The molecule has 2 bridgehead atoms. The number of rotatable bonds is 4. The smallest absolute Gasteiger partial charge is 0.268 e. The maximum Gasteiger partial charge on any atom is 0.268 e. The molecule has 5 rings (SSSR count). The number of hydrogen-bond acceptors (Lipinski definition) is 3. The van der Waals surface area contributed by atoms with Gasteiger partial charge in [-0.15, -0.1) is 11.8 Å². The number of benzene rings is 1. The van der Waals surface area contributed by atoms with E-state index in [1.807, 2.05) is 17.7 Å². The van der Waals surface area contributed by atoms with Gasteiger partial charge in [0.05, 0.1) is 0 Å². The van der Waals surface area contributed by atoms with Gasteiger partial charge >= 0.3 is 0 Å². The van der Waals surface area contributed by atoms with Crippen LogP contribution in [0.3, 0.4) is 0 Å². The number of nitrogens with one attached hydrogen (secondary N) is 1. The molecule has 132 valence electrons. The molecular weight excluding hydrogens is 330 g/mol.